The molecule has 0 bridgehead atoms. The Balaban J connectivity index is 2.19. The van der Waals surface area contributed by atoms with E-state index in [1.807, 2.05) is 0 Å². The van der Waals surface area contributed by atoms with E-state index in [0.29, 0.717) is 16.1 Å². The summed E-state index contributed by atoms with van der Waals surface area (Å²) in [5, 5.41) is 19.5. The molecule has 0 amide bonds. The minimum absolute atomic E-state index is 0.0320. The van der Waals surface area contributed by atoms with Gasteiger partial charge >= 0.3 is 0 Å². The van der Waals surface area contributed by atoms with Gasteiger partial charge in [0.05, 0.1) is 10.2 Å². The molecule has 0 saturated carbocycles. The van der Waals surface area contributed by atoms with E-state index in [9.17, 15) is 14.6 Å². The molecule has 2 N–H and O–H groups in total. The van der Waals surface area contributed by atoms with Crippen molar-refractivity contribution >= 4 is 21.6 Å². The van der Waals surface area contributed by atoms with Crippen molar-refractivity contribution in [2.75, 3.05) is 0 Å². The van der Waals surface area contributed by atoms with Crippen LogP contribution in [0, 0.1) is 5.82 Å². The monoisotopic (exact) mass is 261 g/mol. The van der Waals surface area contributed by atoms with E-state index in [2.05, 4.69) is 4.98 Å². The van der Waals surface area contributed by atoms with Crippen LogP contribution in [0.25, 0.3) is 20.8 Å². The first-order chi connectivity index (χ1) is 8.61. The SMILES string of the molecule is Oc1cc(O)cc(-c2nc3ccc(F)cc3s2)c1. The summed E-state index contributed by atoms with van der Waals surface area (Å²) in [5.41, 5.74) is 1.30. The molecule has 0 saturated heterocycles. The highest BCUT2D eigenvalue weighted by atomic mass is 32.1. The van der Waals surface area contributed by atoms with Crippen molar-refractivity contribution in [2.45, 2.75) is 0 Å². The van der Waals surface area contributed by atoms with Crippen molar-refractivity contribution < 1.29 is 14.6 Å². The molecule has 0 aliphatic rings. The lowest BCUT2D eigenvalue weighted by Crippen LogP contribution is -1.76. The number of thiazole rings is 1. The van der Waals surface area contributed by atoms with E-state index >= 15 is 0 Å². The van der Waals surface area contributed by atoms with Crippen LogP contribution < -0.4 is 0 Å². The molecule has 0 atom stereocenters. The second kappa shape index (κ2) is 3.96. The number of aromatic nitrogens is 1. The topological polar surface area (TPSA) is 53.4 Å². The molecule has 0 aliphatic carbocycles. The number of aromatic hydroxyl groups is 2. The molecule has 3 aromatic rings. The van der Waals surface area contributed by atoms with Gasteiger partial charge in [-0.05, 0) is 30.3 Å². The van der Waals surface area contributed by atoms with Crippen molar-refractivity contribution in [2.24, 2.45) is 0 Å². The van der Waals surface area contributed by atoms with Crippen molar-refractivity contribution in [1.29, 1.82) is 0 Å². The minimum Gasteiger partial charge on any atom is -0.508 e. The van der Waals surface area contributed by atoms with Crippen LogP contribution in [0.15, 0.2) is 36.4 Å². The molecule has 0 spiro atoms. The summed E-state index contributed by atoms with van der Waals surface area (Å²) in [4.78, 5) is 4.34. The van der Waals surface area contributed by atoms with Crippen molar-refractivity contribution in [3.05, 3.63) is 42.2 Å². The fraction of sp³-hybridized carbons (Fsp3) is 0. The van der Waals surface area contributed by atoms with Gasteiger partial charge in [-0.3, -0.25) is 0 Å². The molecule has 1 aromatic heterocycles. The smallest absolute Gasteiger partial charge is 0.124 e. The molecule has 0 aliphatic heterocycles. The van der Waals surface area contributed by atoms with E-state index < -0.39 is 0 Å². The summed E-state index contributed by atoms with van der Waals surface area (Å²) in [6.45, 7) is 0. The van der Waals surface area contributed by atoms with E-state index in [4.69, 9.17) is 0 Å². The summed E-state index contributed by atoms with van der Waals surface area (Å²) in [5.74, 6) is -0.373. The van der Waals surface area contributed by atoms with Crippen molar-refractivity contribution in [3.63, 3.8) is 0 Å². The van der Waals surface area contributed by atoms with Crippen LogP contribution in [-0.2, 0) is 0 Å². The van der Waals surface area contributed by atoms with Gasteiger partial charge in [0.15, 0.2) is 0 Å². The summed E-state index contributed by atoms with van der Waals surface area (Å²) in [7, 11) is 0. The maximum Gasteiger partial charge on any atom is 0.124 e. The van der Waals surface area contributed by atoms with Gasteiger partial charge in [-0.2, -0.15) is 0 Å². The number of hydrogen-bond acceptors (Lipinski definition) is 4. The van der Waals surface area contributed by atoms with Crippen molar-refractivity contribution in [3.8, 4) is 22.1 Å². The maximum atomic E-state index is 13.1. The van der Waals surface area contributed by atoms with E-state index in [0.717, 1.165) is 4.70 Å². The lowest BCUT2D eigenvalue weighted by Gasteiger charge is -1.99. The number of fused-ring (bicyclic) bond motifs is 1. The number of halogens is 1. The minimum atomic E-state index is -0.309. The Kier molecular flexibility index (Phi) is 2.41. The van der Waals surface area contributed by atoms with Crippen LogP contribution in [0.1, 0.15) is 0 Å². The molecule has 3 nitrogen and oxygen atoms in total. The zero-order valence-electron chi connectivity index (χ0n) is 9.09. The molecule has 2 aromatic carbocycles. The molecule has 5 heteroatoms. The predicted molar refractivity (Wildman–Crippen MR) is 68.3 cm³/mol. The molecular formula is C13H8FNO2S. The zero-order chi connectivity index (χ0) is 12.7. The Morgan fingerprint density at radius 1 is 1.00 bits per heavy atom. The molecule has 0 unspecified atom stereocenters. The fourth-order valence-corrected chi connectivity index (χ4v) is 2.72. The van der Waals surface area contributed by atoms with Gasteiger partial charge in [-0.25, -0.2) is 9.37 Å². The molecule has 1 heterocycles. The van der Waals surface area contributed by atoms with Crippen LogP contribution in [0.4, 0.5) is 4.39 Å². The predicted octanol–water partition coefficient (Wildman–Crippen LogP) is 3.51. The van der Waals surface area contributed by atoms with Gasteiger partial charge in [-0.1, -0.05) is 0 Å². The van der Waals surface area contributed by atoms with Gasteiger partial charge in [0, 0.05) is 11.6 Å². The van der Waals surface area contributed by atoms with Gasteiger partial charge in [-0.15, -0.1) is 11.3 Å². The highest BCUT2D eigenvalue weighted by Crippen LogP contribution is 2.34. The Labute approximate surface area is 106 Å². The number of hydrogen-bond donors (Lipinski definition) is 2. The van der Waals surface area contributed by atoms with Crippen LogP contribution in [0.5, 0.6) is 11.5 Å². The van der Waals surface area contributed by atoms with Crippen molar-refractivity contribution in [1.82, 2.24) is 4.98 Å². The van der Waals surface area contributed by atoms with Crippen LogP contribution in [-0.4, -0.2) is 15.2 Å². The lowest BCUT2D eigenvalue weighted by molar-refractivity contribution is 0.451. The molecule has 0 fully saturated rings. The third-order valence-corrected chi connectivity index (χ3v) is 3.57. The number of phenols is 2. The largest absolute Gasteiger partial charge is 0.508 e. The number of phenolic OH excluding ortho intramolecular Hbond substituents is 2. The number of nitrogens with zero attached hydrogens (tertiary/aromatic N) is 1. The highest BCUT2D eigenvalue weighted by molar-refractivity contribution is 7.21. The first-order valence-electron chi connectivity index (χ1n) is 5.21. The zero-order valence-corrected chi connectivity index (χ0v) is 9.91. The lowest BCUT2D eigenvalue weighted by atomic mass is 10.2. The highest BCUT2D eigenvalue weighted by Gasteiger charge is 2.09. The van der Waals surface area contributed by atoms with Gasteiger partial charge in [0.1, 0.15) is 22.3 Å². The maximum absolute atomic E-state index is 13.1. The van der Waals surface area contributed by atoms with E-state index in [1.54, 1.807) is 6.07 Å². The third kappa shape index (κ3) is 1.89. The summed E-state index contributed by atoms with van der Waals surface area (Å²) < 4.78 is 13.8. The first kappa shape index (κ1) is 11.0. The third-order valence-electron chi connectivity index (χ3n) is 2.50. The normalized spacial score (nSPS) is 10.9. The van der Waals surface area contributed by atoms with Gasteiger partial charge < -0.3 is 10.2 Å². The standard InChI is InChI=1S/C13H8FNO2S/c14-8-1-2-11-12(5-8)18-13(15-11)7-3-9(16)6-10(17)4-7/h1-6,16-17H. The second-order valence-corrected chi connectivity index (χ2v) is 4.90. The Hall–Kier alpha value is -2.14. The summed E-state index contributed by atoms with van der Waals surface area (Å²) >= 11 is 1.31. The Morgan fingerprint density at radius 2 is 1.72 bits per heavy atom. The van der Waals surface area contributed by atoms with Gasteiger partial charge in [0.2, 0.25) is 0 Å². The van der Waals surface area contributed by atoms with Crippen LogP contribution >= 0.6 is 11.3 Å². The quantitative estimate of drug-likeness (QED) is 0.704. The Bertz CT molecular complexity index is 719. The molecule has 3 rings (SSSR count). The molecule has 18 heavy (non-hydrogen) atoms. The first-order valence-corrected chi connectivity index (χ1v) is 6.03. The average molecular weight is 261 g/mol. The fourth-order valence-electron chi connectivity index (χ4n) is 1.74. The second-order valence-electron chi connectivity index (χ2n) is 3.87. The van der Waals surface area contributed by atoms with E-state index in [-0.39, 0.29) is 17.3 Å². The molecular weight excluding hydrogens is 253 g/mol. The number of rotatable bonds is 1. The van der Waals surface area contributed by atoms with Crippen LogP contribution in [0.2, 0.25) is 0 Å². The molecule has 0 radical (unpaired) electrons. The van der Waals surface area contributed by atoms with Gasteiger partial charge in [0.25, 0.3) is 0 Å². The molecule has 90 valence electrons. The average Bonchev–Trinajstić information content (AvgIpc) is 2.70. The summed E-state index contributed by atoms with van der Waals surface area (Å²) in [6.07, 6.45) is 0. The number of benzene rings is 2. The van der Waals surface area contributed by atoms with E-state index in [1.165, 1.54) is 41.7 Å². The Morgan fingerprint density at radius 3 is 2.44 bits per heavy atom. The summed E-state index contributed by atoms with van der Waals surface area (Å²) in [6, 6.07) is 8.64. The van der Waals surface area contributed by atoms with Crippen LogP contribution in [0.3, 0.4) is 0 Å².